The minimum absolute atomic E-state index is 0.143. The fourth-order valence-corrected chi connectivity index (χ4v) is 3.93. The highest BCUT2D eigenvalue weighted by molar-refractivity contribution is 5.80. The predicted molar refractivity (Wildman–Crippen MR) is 103 cm³/mol. The summed E-state index contributed by atoms with van der Waals surface area (Å²) in [5.41, 5.74) is -0.143. The van der Waals surface area contributed by atoms with Gasteiger partial charge in [0.2, 0.25) is 5.91 Å². The Balaban J connectivity index is 1.59. The minimum atomic E-state index is -0.238. The Morgan fingerprint density at radius 2 is 2.00 bits per heavy atom. The summed E-state index contributed by atoms with van der Waals surface area (Å²) < 4.78 is 3.68. The van der Waals surface area contributed by atoms with E-state index >= 15 is 0 Å². The van der Waals surface area contributed by atoms with Crippen LogP contribution in [0.1, 0.15) is 64.1 Å². The average Bonchev–Trinajstić information content (AvgIpc) is 3.28. The standard InChI is InChI=1S/C19H30N6O2/c1-5-24-16(21-22-19(24)27)12-15-6-9-23(10-7-15)18(26)14(4)25-11-8-20-17(25)13(2)3/h8,11,13-15H,5-7,9-10,12H2,1-4H3,(H,22,27)/t14-/m0/s1. The highest BCUT2D eigenvalue weighted by atomic mass is 16.2. The van der Waals surface area contributed by atoms with Gasteiger partial charge in [-0.15, -0.1) is 0 Å². The van der Waals surface area contributed by atoms with Gasteiger partial charge in [0, 0.05) is 44.4 Å². The molecule has 8 heteroatoms. The quantitative estimate of drug-likeness (QED) is 0.837. The van der Waals surface area contributed by atoms with Gasteiger partial charge in [-0.2, -0.15) is 5.10 Å². The molecule has 0 radical (unpaired) electrons. The highest BCUT2D eigenvalue weighted by Crippen LogP contribution is 2.24. The SMILES string of the molecule is CCn1c(CC2CCN(C(=O)[C@H](C)n3ccnc3C(C)C)CC2)n[nH]c1=O. The number of amides is 1. The van der Waals surface area contributed by atoms with E-state index in [-0.39, 0.29) is 23.6 Å². The lowest BCUT2D eigenvalue weighted by molar-refractivity contribution is -0.135. The van der Waals surface area contributed by atoms with Crippen LogP contribution in [0.4, 0.5) is 0 Å². The van der Waals surface area contributed by atoms with E-state index in [1.165, 1.54) is 0 Å². The highest BCUT2D eigenvalue weighted by Gasteiger charge is 2.28. The van der Waals surface area contributed by atoms with Crippen molar-refractivity contribution in [2.45, 2.75) is 65.5 Å². The molecule has 8 nitrogen and oxygen atoms in total. The summed E-state index contributed by atoms with van der Waals surface area (Å²) in [6, 6.07) is -0.238. The Morgan fingerprint density at radius 1 is 1.30 bits per heavy atom. The van der Waals surface area contributed by atoms with Crippen molar-refractivity contribution in [3.05, 3.63) is 34.5 Å². The van der Waals surface area contributed by atoms with Gasteiger partial charge in [-0.1, -0.05) is 13.8 Å². The number of hydrogen-bond acceptors (Lipinski definition) is 4. The maximum Gasteiger partial charge on any atom is 0.343 e. The Hall–Kier alpha value is -2.38. The molecule has 1 amide bonds. The second kappa shape index (κ2) is 8.10. The number of hydrogen-bond donors (Lipinski definition) is 1. The van der Waals surface area contributed by atoms with Crippen LogP contribution in [0.15, 0.2) is 17.2 Å². The molecule has 3 heterocycles. The van der Waals surface area contributed by atoms with E-state index in [0.717, 1.165) is 44.0 Å². The third-order valence-corrected chi connectivity index (χ3v) is 5.54. The third-order valence-electron chi connectivity index (χ3n) is 5.54. The smallest absolute Gasteiger partial charge is 0.341 e. The van der Waals surface area contributed by atoms with Crippen LogP contribution in [-0.4, -0.2) is 48.2 Å². The van der Waals surface area contributed by atoms with Crippen LogP contribution in [0.2, 0.25) is 0 Å². The van der Waals surface area contributed by atoms with Crippen molar-refractivity contribution in [3.63, 3.8) is 0 Å². The first-order chi connectivity index (χ1) is 12.9. The van der Waals surface area contributed by atoms with Crippen molar-refractivity contribution in [2.24, 2.45) is 5.92 Å². The van der Waals surface area contributed by atoms with Crippen molar-refractivity contribution in [3.8, 4) is 0 Å². The second-order valence-corrected chi connectivity index (χ2v) is 7.69. The number of carbonyl (C=O) groups is 1. The van der Waals surface area contributed by atoms with Crippen LogP contribution in [0.5, 0.6) is 0 Å². The van der Waals surface area contributed by atoms with Gasteiger partial charge in [0.15, 0.2) is 0 Å². The average molecular weight is 374 g/mol. The van der Waals surface area contributed by atoms with E-state index in [2.05, 4.69) is 29.0 Å². The molecule has 0 saturated carbocycles. The zero-order valence-electron chi connectivity index (χ0n) is 16.7. The fourth-order valence-electron chi connectivity index (χ4n) is 3.93. The zero-order valence-corrected chi connectivity index (χ0v) is 16.7. The number of imidazole rings is 1. The number of nitrogens with zero attached hydrogens (tertiary/aromatic N) is 5. The van der Waals surface area contributed by atoms with Crippen LogP contribution in [0, 0.1) is 5.92 Å². The van der Waals surface area contributed by atoms with E-state index in [9.17, 15) is 9.59 Å². The van der Waals surface area contributed by atoms with Gasteiger partial charge in [-0.05, 0) is 32.6 Å². The number of carbonyl (C=O) groups excluding carboxylic acids is 1. The van der Waals surface area contributed by atoms with Crippen LogP contribution in [-0.2, 0) is 17.8 Å². The summed E-state index contributed by atoms with van der Waals surface area (Å²) in [6.45, 7) is 10.2. The first kappa shape index (κ1) is 19.4. The van der Waals surface area contributed by atoms with Gasteiger partial charge in [-0.25, -0.2) is 14.9 Å². The van der Waals surface area contributed by atoms with Crippen molar-refractivity contribution in [1.82, 2.24) is 29.2 Å². The van der Waals surface area contributed by atoms with E-state index in [0.29, 0.717) is 12.5 Å². The maximum atomic E-state index is 13.0. The molecule has 2 aromatic heterocycles. The topological polar surface area (TPSA) is 88.8 Å². The lowest BCUT2D eigenvalue weighted by Gasteiger charge is -2.34. The molecule has 2 aromatic rings. The van der Waals surface area contributed by atoms with Gasteiger partial charge >= 0.3 is 5.69 Å². The Morgan fingerprint density at radius 3 is 2.63 bits per heavy atom. The molecule has 0 aliphatic carbocycles. The fraction of sp³-hybridized carbons (Fsp3) is 0.684. The molecule has 0 bridgehead atoms. The lowest BCUT2D eigenvalue weighted by Crippen LogP contribution is -2.42. The number of aromatic nitrogens is 5. The molecular weight excluding hydrogens is 344 g/mol. The van der Waals surface area contributed by atoms with Crippen molar-refractivity contribution < 1.29 is 4.79 Å². The molecule has 1 aliphatic rings. The van der Waals surface area contributed by atoms with Gasteiger partial charge in [0.05, 0.1) is 0 Å². The number of piperidine rings is 1. The Bertz CT molecular complexity index is 825. The van der Waals surface area contributed by atoms with Crippen molar-refractivity contribution >= 4 is 5.91 Å². The molecule has 1 saturated heterocycles. The first-order valence-corrected chi connectivity index (χ1v) is 9.87. The normalized spacial score (nSPS) is 16.9. The summed E-state index contributed by atoms with van der Waals surface area (Å²) in [5.74, 6) is 2.65. The molecule has 0 unspecified atom stereocenters. The largest absolute Gasteiger partial charge is 0.343 e. The van der Waals surface area contributed by atoms with Gasteiger partial charge in [-0.3, -0.25) is 9.36 Å². The Kier molecular flexibility index (Phi) is 5.82. The molecule has 1 N–H and O–H groups in total. The molecular formula is C19H30N6O2. The lowest BCUT2D eigenvalue weighted by atomic mass is 9.93. The molecule has 0 spiro atoms. The van der Waals surface area contributed by atoms with Crippen LogP contribution < -0.4 is 5.69 Å². The number of H-pyrrole nitrogens is 1. The van der Waals surface area contributed by atoms with Crippen LogP contribution in [0.3, 0.4) is 0 Å². The van der Waals surface area contributed by atoms with E-state index in [1.807, 2.05) is 29.5 Å². The molecule has 1 fully saturated rings. The molecule has 27 heavy (non-hydrogen) atoms. The summed E-state index contributed by atoms with van der Waals surface area (Å²) in [7, 11) is 0. The third kappa shape index (κ3) is 3.99. The molecule has 0 aromatic carbocycles. The predicted octanol–water partition coefficient (Wildman–Crippen LogP) is 1.95. The van der Waals surface area contributed by atoms with E-state index < -0.39 is 0 Å². The number of aromatic amines is 1. The summed E-state index contributed by atoms with van der Waals surface area (Å²) in [4.78, 5) is 31.0. The van der Waals surface area contributed by atoms with Gasteiger partial charge < -0.3 is 9.47 Å². The van der Waals surface area contributed by atoms with Gasteiger partial charge in [0.1, 0.15) is 17.7 Å². The van der Waals surface area contributed by atoms with E-state index in [1.54, 1.807) is 10.8 Å². The Labute approximate surface area is 159 Å². The molecule has 1 atom stereocenters. The summed E-state index contributed by atoms with van der Waals surface area (Å²) >= 11 is 0. The summed E-state index contributed by atoms with van der Waals surface area (Å²) in [6.07, 6.45) is 6.31. The summed E-state index contributed by atoms with van der Waals surface area (Å²) in [5, 5.41) is 6.69. The first-order valence-electron chi connectivity index (χ1n) is 9.87. The second-order valence-electron chi connectivity index (χ2n) is 7.69. The maximum absolute atomic E-state index is 13.0. The van der Waals surface area contributed by atoms with Crippen molar-refractivity contribution in [2.75, 3.05) is 13.1 Å². The van der Waals surface area contributed by atoms with Crippen LogP contribution >= 0.6 is 0 Å². The monoisotopic (exact) mass is 374 g/mol. The number of nitrogens with one attached hydrogen (secondary N) is 1. The van der Waals surface area contributed by atoms with E-state index in [4.69, 9.17) is 0 Å². The molecule has 1 aliphatic heterocycles. The molecule has 148 valence electrons. The van der Waals surface area contributed by atoms with Crippen LogP contribution in [0.25, 0.3) is 0 Å². The van der Waals surface area contributed by atoms with Crippen molar-refractivity contribution in [1.29, 1.82) is 0 Å². The number of likely N-dealkylation sites (tertiary alicyclic amines) is 1. The molecule has 3 rings (SSSR count). The number of rotatable bonds is 6. The zero-order chi connectivity index (χ0) is 19.6. The van der Waals surface area contributed by atoms with Gasteiger partial charge in [0.25, 0.3) is 0 Å². The minimum Gasteiger partial charge on any atom is -0.341 e.